The average Bonchev–Trinajstić information content (AvgIpc) is 2.55. The van der Waals surface area contributed by atoms with Crippen LogP contribution in [0.1, 0.15) is 34.7 Å². The van der Waals surface area contributed by atoms with Crippen molar-refractivity contribution in [2.24, 2.45) is 0 Å². The van der Waals surface area contributed by atoms with Crippen molar-refractivity contribution in [1.29, 1.82) is 0 Å². The van der Waals surface area contributed by atoms with E-state index in [0.29, 0.717) is 12.0 Å². The molecule has 25 heavy (non-hydrogen) atoms. The molecule has 0 aliphatic heterocycles. The predicted octanol–water partition coefficient (Wildman–Crippen LogP) is 3.38. The van der Waals surface area contributed by atoms with Crippen molar-refractivity contribution < 1.29 is 27.1 Å². The normalized spacial score (nSPS) is 12.5. The molecular weight excluding hydrogens is 342 g/mol. The highest BCUT2D eigenvalue weighted by molar-refractivity contribution is 5.95. The molecule has 1 aromatic heterocycles. The maximum absolute atomic E-state index is 13.4. The van der Waals surface area contributed by atoms with Crippen LogP contribution in [0.25, 0.3) is 0 Å². The molecule has 1 unspecified atom stereocenters. The number of carbonyl (C=O) groups is 1. The van der Waals surface area contributed by atoms with Crippen molar-refractivity contribution in [3.8, 4) is 5.75 Å². The van der Waals surface area contributed by atoms with Gasteiger partial charge < -0.3 is 10.1 Å². The zero-order valence-electron chi connectivity index (χ0n) is 13.2. The number of hydrogen-bond donors (Lipinski definition) is 1. The van der Waals surface area contributed by atoms with E-state index < -0.39 is 18.4 Å². The Hall–Kier alpha value is -2.71. The molecule has 0 aliphatic rings. The highest BCUT2D eigenvalue weighted by Gasteiger charge is 2.30. The minimum atomic E-state index is -4.74. The van der Waals surface area contributed by atoms with Crippen LogP contribution < -0.4 is 10.1 Å². The Morgan fingerprint density at radius 1 is 1.28 bits per heavy atom. The van der Waals surface area contributed by atoms with Crippen molar-refractivity contribution in [3.05, 3.63) is 53.6 Å². The molecule has 0 aliphatic carbocycles. The van der Waals surface area contributed by atoms with Gasteiger partial charge in [0, 0.05) is 12.7 Å². The topological polar surface area (TPSA) is 64.1 Å². The summed E-state index contributed by atoms with van der Waals surface area (Å²) >= 11 is 0. The molecule has 1 aromatic carbocycles. The molecule has 9 heteroatoms. The second-order valence-corrected chi connectivity index (χ2v) is 5.14. The molecule has 0 radical (unpaired) electrons. The molecule has 1 amide bonds. The first-order valence-electron chi connectivity index (χ1n) is 7.33. The fourth-order valence-electron chi connectivity index (χ4n) is 2.10. The maximum atomic E-state index is 13.4. The molecular formula is C16H15F4N3O2. The van der Waals surface area contributed by atoms with Crippen LogP contribution in [0.4, 0.5) is 17.6 Å². The molecule has 0 fully saturated rings. The number of amides is 1. The summed E-state index contributed by atoms with van der Waals surface area (Å²) in [5.41, 5.74) is 0.755. The van der Waals surface area contributed by atoms with E-state index in [1.807, 2.05) is 0 Å². The van der Waals surface area contributed by atoms with Gasteiger partial charge in [0.1, 0.15) is 18.2 Å². The molecule has 2 aromatic rings. The first-order valence-corrected chi connectivity index (χ1v) is 7.33. The van der Waals surface area contributed by atoms with Gasteiger partial charge in [-0.05, 0) is 31.0 Å². The first-order chi connectivity index (χ1) is 11.8. The number of benzene rings is 1. The molecule has 1 heterocycles. The number of nitrogens with zero attached hydrogens (tertiary/aromatic N) is 2. The van der Waals surface area contributed by atoms with Gasteiger partial charge in [-0.25, -0.2) is 14.4 Å². The third-order valence-corrected chi connectivity index (χ3v) is 3.22. The zero-order chi connectivity index (χ0) is 18.4. The Labute approximate surface area is 141 Å². The third kappa shape index (κ3) is 5.70. The quantitative estimate of drug-likeness (QED) is 0.805. The van der Waals surface area contributed by atoms with Crippen molar-refractivity contribution >= 4 is 5.91 Å². The minimum absolute atomic E-state index is 0.00107. The van der Waals surface area contributed by atoms with Crippen molar-refractivity contribution in [2.75, 3.05) is 6.54 Å². The highest BCUT2D eigenvalue weighted by atomic mass is 19.4. The molecule has 0 spiro atoms. The van der Waals surface area contributed by atoms with Gasteiger partial charge in [-0.3, -0.25) is 4.79 Å². The van der Waals surface area contributed by atoms with E-state index in [4.69, 9.17) is 0 Å². The summed E-state index contributed by atoms with van der Waals surface area (Å²) < 4.78 is 53.4. The zero-order valence-corrected chi connectivity index (χ0v) is 13.2. The van der Waals surface area contributed by atoms with Crippen LogP contribution in [0.15, 0.2) is 36.8 Å². The summed E-state index contributed by atoms with van der Waals surface area (Å²) in [5, 5.41) is 2.60. The summed E-state index contributed by atoms with van der Waals surface area (Å²) in [7, 11) is 0. The lowest BCUT2D eigenvalue weighted by atomic mass is 10.1. The summed E-state index contributed by atoms with van der Waals surface area (Å²) in [6, 6.07) is 5.32. The standard InChI is InChI=1S/C16H15F4N3O2/c1-10(17)14-13(8-21-9-23-14)15(24)22-7-6-11-2-4-12(5-3-11)25-16(18,19)20/h2-5,8-10H,6-7H2,1H3,(H,22,24). The van der Waals surface area contributed by atoms with Gasteiger partial charge in [0.25, 0.3) is 5.91 Å². The highest BCUT2D eigenvalue weighted by Crippen LogP contribution is 2.22. The number of carbonyl (C=O) groups excluding carboxylic acids is 1. The number of hydrogen-bond acceptors (Lipinski definition) is 4. The van der Waals surface area contributed by atoms with E-state index in [1.54, 1.807) is 0 Å². The number of ether oxygens (including phenoxy) is 1. The number of alkyl halides is 4. The molecule has 5 nitrogen and oxygen atoms in total. The van der Waals surface area contributed by atoms with E-state index in [0.717, 1.165) is 6.33 Å². The van der Waals surface area contributed by atoms with Crippen LogP contribution in [0.2, 0.25) is 0 Å². The second kappa shape index (κ2) is 7.91. The third-order valence-electron chi connectivity index (χ3n) is 3.22. The van der Waals surface area contributed by atoms with Crippen molar-refractivity contribution in [2.45, 2.75) is 25.9 Å². The van der Waals surface area contributed by atoms with E-state index in [2.05, 4.69) is 20.0 Å². The van der Waals surface area contributed by atoms with Gasteiger partial charge in [-0.2, -0.15) is 0 Å². The molecule has 0 saturated carbocycles. The Balaban J connectivity index is 1.89. The lowest BCUT2D eigenvalue weighted by Crippen LogP contribution is -2.27. The molecule has 134 valence electrons. The number of aromatic nitrogens is 2. The molecule has 1 N–H and O–H groups in total. The summed E-state index contributed by atoms with van der Waals surface area (Å²) in [5.74, 6) is -0.833. The van der Waals surface area contributed by atoms with Gasteiger partial charge >= 0.3 is 6.36 Å². The smallest absolute Gasteiger partial charge is 0.406 e. The van der Waals surface area contributed by atoms with Gasteiger partial charge in [0.15, 0.2) is 0 Å². The first kappa shape index (κ1) is 18.6. The van der Waals surface area contributed by atoms with E-state index >= 15 is 0 Å². The predicted molar refractivity (Wildman–Crippen MR) is 80.7 cm³/mol. The maximum Gasteiger partial charge on any atom is 0.573 e. The fraction of sp³-hybridized carbons (Fsp3) is 0.312. The largest absolute Gasteiger partial charge is 0.573 e. The van der Waals surface area contributed by atoms with E-state index in [9.17, 15) is 22.4 Å². The van der Waals surface area contributed by atoms with Crippen LogP contribution in [0.5, 0.6) is 5.75 Å². The Bertz CT molecular complexity index is 718. The molecule has 0 saturated heterocycles. The lowest BCUT2D eigenvalue weighted by Gasteiger charge is -2.10. The summed E-state index contributed by atoms with van der Waals surface area (Å²) in [4.78, 5) is 19.5. The monoisotopic (exact) mass is 357 g/mol. The summed E-state index contributed by atoms with van der Waals surface area (Å²) in [6.07, 6.45) is -3.38. The Morgan fingerprint density at radius 2 is 1.96 bits per heavy atom. The minimum Gasteiger partial charge on any atom is -0.406 e. The van der Waals surface area contributed by atoms with Crippen molar-refractivity contribution in [3.63, 3.8) is 0 Å². The van der Waals surface area contributed by atoms with Gasteiger partial charge in [-0.15, -0.1) is 13.2 Å². The van der Waals surface area contributed by atoms with Crippen LogP contribution in [0, 0.1) is 0 Å². The van der Waals surface area contributed by atoms with E-state index in [1.165, 1.54) is 37.4 Å². The van der Waals surface area contributed by atoms with Crippen LogP contribution >= 0.6 is 0 Å². The number of halogens is 4. The van der Waals surface area contributed by atoms with E-state index in [-0.39, 0.29) is 23.6 Å². The lowest BCUT2D eigenvalue weighted by molar-refractivity contribution is -0.274. The summed E-state index contributed by atoms with van der Waals surface area (Å²) in [6.45, 7) is 1.48. The average molecular weight is 357 g/mol. The Kier molecular flexibility index (Phi) is 5.89. The number of nitrogens with one attached hydrogen (secondary N) is 1. The van der Waals surface area contributed by atoms with Gasteiger partial charge in [0.05, 0.1) is 11.3 Å². The van der Waals surface area contributed by atoms with Gasteiger partial charge in [-0.1, -0.05) is 12.1 Å². The SMILES string of the molecule is CC(F)c1ncncc1C(=O)NCCc1ccc(OC(F)(F)F)cc1. The second-order valence-electron chi connectivity index (χ2n) is 5.14. The number of rotatable bonds is 6. The fourth-order valence-corrected chi connectivity index (χ4v) is 2.10. The van der Waals surface area contributed by atoms with Crippen LogP contribution in [-0.4, -0.2) is 28.8 Å². The molecule has 2 rings (SSSR count). The Morgan fingerprint density at radius 3 is 2.56 bits per heavy atom. The van der Waals surface area contributed by atoms with Crippen molar-refractivity contribution in [1.82, 2.24) is 15.3 Å². The van der Waals surface area contributed by atoms with Gasteiger partial charge in [0.2, 0.25) is 0 Å². The van der Waals surface area contributed by atoms with Crippen LogP contribution in [-0.2, 0) is 6.42 Å². The van der Waals surface area contributed by atoms with Crippen LogP contribution in [0.3, 0.4) is 0 Å². The molecule has 0 bridgehead atoms. The molecule has 1 atom stereocenters.